The smallest absolute Gasteiger partial charge is 0.253 e. The zero-order valence-corrected chi connectivity index (χ0v) is 19.9. The Hall–Kier alpha value is -3.77. The number of imide groups is 1. The van der Waals surface area contributed by atoms with Crippen LogP contribution in [0.25, 0.3) is 0 Å². The van der Waals surface area contributed by atoms with Gasteiger partial charge in [0.2, 0.25) is 11.8 Å². The van der Waals surface area contributed by atoms with Crippen molar-refractivity contribution in [1.82, 2.24) is 9.80 Å². The minimum Gasteiger partial charge on any atom is -0.306 e. The predicted molar refractivity (Wildman–Crippen MR) is 134 cm³/mol. The maximum absolute atomic E-state index is 14.6. The summed E-state index contributed by atoms with van der Waals surface area (Å²) in [6, 6.07) is 27.3. The molecule has 0 saturated carbocycles. The highest BCUT2D eigenvalue weighted by atomic mass is 16.2. The largest absolute Gasteiger partial charge is 0.306 e. The average Bonchev–Trinajstić information content (AvgIpc) is 3.61. The summed E-state index contributed by atoms with van der Waals surface area (Å²) in [5.41, 5.74) is 2.53. The zero-order valence-electron chi connectivity index (χ0n) is 19.9. The van der Waals surface area contributed by atoms with Gasteiger partial charge < -0.3 is 4.90 Å². The lowest BCUT2D eigenvalue weighted by Gasteiger charge is -2.37. The highest BCUT2D eigenvalue weighted by Crippen LogP contribution is 2.61. The molecule has 4 atom stereocenters. The number of carbonyl (C=O) groups excluding carboxylic acids is 3. The number of carbonyl (C=O) groups is 3. The van der Waals surface area contributed by atoms with Crippen molar-refractivity contribution in [1.29, 1.82) is 0 Å². The van der Waals surface area contributed by atoms with E-state index in [1.807, 2.05) is 89.8 Å². The maximum atomic E-state index is 14.6. The van der Waals surface area contributed by atoms with E-state index in [1.54, 1.807) is 0 Å². The van der Waals surface area contributed by atoms with E-state index < -0.39 is 17.4 Å². The zero-order chi connectivity index (χ0) is 24.4. The average molecular weight is 478 g/mol. The van der Waals surface area contributed by atoms with E-state index in [4.69, 9.17) is 0 Å². The van der Waals surface area contributed by atoms with Crippen LogP contribution in [0.2, 0.25) is 0 Å². The minimum absolute atomic E-state index is 0.0744. The minimum atomic E-state index is -1.13. The fraction of sp³-hybridized carbons (Fsp3) is 0.300. The standard InChI is InChI=1S/C30H27N3O3/c34-27-25-24-16-9-17-33(24)30(26(25)28(35)32(27)19-21-12-5-2-6-13-21)22-14-7-8-15-23(22)31(29(30)36)18-20-10-3-1-4-11-20/h1-8,10-15,24-26H,9,16-19H2/t24-,25+,26+,30-/m0/s1. The van der Waals surface area contributed by atoms with Crippen LogP contribution in [-0.4, -0.2) is 40.1 Å². The Morgan fingerprint density at radius 1 is 0.722 bits per heavy atom. The molecule has 0 aromatic heterocycles. The number of rotatable bonds is 4. The molecule has 3 fully saturated rings. The fourth-order valence-corrected chi connectivity index (χ4v) is 7.24. The van der Waals surface area contributed by atoms with Crippen LogP contribution in [0.3, 0.4) is 0 Å². The Kier molecular flexibility index (Phi) is 4.70. The van der Waals surface area contributed by atoms with Gasteiger partial charge in [-0.15, -0.1) is 0 Å². The number of likely N-dealkylation sites (tertiary alicyclic amines) is 1. The van der Waals surface area contributed by atoms with Gasteiger partial charge in [-0.3, -0.25) is 24.2 Å². The summed E-state index contributed by atoms with van der Waals surface area (Å²) in [5, 5.41) is 0. The Balaban J connectivity index is 1.36. The molecule has 1 spiro atoms. The van der Waals surface area contributed by atoms with E-state index in [1.165, 1.54) is 4.90 Å². The van der Waals surface area contributed by atoms with Crippen molar-refractivity contribution in [2.24, 2.45) is 11.8 Å². The molecule has 4 aliphatic heterocycles. The van der Waals surface area contributed by atoms with Gasteiger partial charge in [0.25, 0.3) is 5.91 Å². The number of nitrogens with zero attached hydrogens (tertiary/aromatic N) is 3. The molecule has 0 unspecified atom stereocenters. The van der Waals surface area contributed by atoms with Crippen LogP contribution in [0.4, 0.5) is 5.69 Å². The molecule has 3 aromatic rings. The van der Waals surface area contributed by atoms with Crippen LogP contribution in [0.1, 0.15) is 29.5 Å². The highest BCUT2D eigenvalue weighted by molar-refractivity contribution is 6.16. The number of amides is 3. The van der Waals surface area contributed by atoms with Crippen molar-refractivity contribution in [3.05, 3.63) is 102 Å². The number of anilines is 1. The van der Waals surface area contributed by atoms with Crippen molar-refractivity contribution < 1.29 is 14.4 Å². The van der Waals surface area contributed by atoms with Crippen molar-refractivity contribution >= 4 is 23.4 Å². The van der Waals surface area contributed by atoms with Crippen LogP contribution in [-0.2, 0) is 33.0 Å². The summed E-state index contributed by atoms with van der Waals surface area (Å²) in [7, 11) is 0. The monoisotopic (exact) mass is 477 g/mol. The summed E-state index contributed by atoms with van der Waals surface area (Å²) in [6.07, 6.45) is 1.75. The van der Waals surface area contributed by atoms with Gasteiger partial charge in [0.05, 0.1) is 24.9 Å². The first-order chi connectivity index (χ1) is 17.6. The molecule has 7 rings (SSSR count). The topological polar surface area (TPSA) is 60.9 Å². The van der Waals surface area contributed by atoms with E-state index in [9.17, 15) is 14.4 Å². The third-order valence-electron chi connectivity index (χ3n) is 8.60. The first-order valence-electron chi connectivity index (χ1n) is 12.7. The summed E-state index contributed by atoms with van der Waals surface area (Å²) in [6.45, 7) is 1.40. The van der Waals surface area contributed by atoms with Gasteiger partial charge in [-0.2, -0.15) is 0 Å². The van der Waals surface area contributed by atoms with Crippen molar-refractivity contribution in [2.45, 2.75) is 37.5 Å². The fourth-order valence-electron chi connectivity index (χ4n) is 7.24. The Labute approximate surface area is 210 Å². The molecular formula is C30H27N3O3. The number of fused-ring (bicyclic) bond motifs is 7. The molecule has 4 heterocycles. The van der Waals surface area contributed by atoms with E-state index in [-0.39, 0.29) is 30.3 Å². The van der Waals surface area contributed by atoms with Gasteiger partial charge in [0, 0.05) is 17.3 Å². The van der Waals surface area contributed by atoms with E-state index in [2.05, 4.69) is 4.90 Å². The van der Waals surface area contributed by atoms with Gasteiger partial charge in [-0.05, 0) is 36.6 Å². The number of hydrogen-bond acceptors (Lipinski definition) is 4. The normalized spacial score (nSPS) is 28.8. The molecule has 180 valence electrons. The van der Waals surface area contributed by atoms with Crippen LogP contribution >= 0.6 is 0 Å². The molecule has 3 amide bonds. The molecule has 0 aliphatic carbocycles. The lowest BCUT2D eigenvalue weighted by molar-refractivity contribution is -0.146. The molecule has 4 aliphatic rings. The molecule has 36 heavy (non-hydrogen) atoms. The third kappa shape index (κ3) is 2.73. The van der Waals surface area contributed by atoms with Crippen molar-refractivity contribution in [3.63, 3.8) is 0 Å². The van der Waals surface area contributed by atoms with Gasteiger partial charge in [-0.25, -0.2) is 0 Å². The van der Waals surface area contributed by atoms with Gasteiger partial charge in [0.1, 0.15) is 5.54 Å². The van der Waals surface area contributed by atoms with E-state index in [0.29, 0.717) is 6.54 Å². The van der Waals surface area contributed by atoms with Gasteiger partial charge in [-0.1, -0.05) is 78.9 Å². The SMILES string of the molecule is O=C1[C@@H]2[C@@H]3CCCN3[C@]3(C(=O)N(Cc4ccccc4)c4ccccc43)[C@H]2C(=O)N1Cc1ccccc1. The second-order valence-electron chi connectivity index (χ2n) is 10.3. The first kappa shape index (κ1) is 21.5. The highest BCUT2D eigenvalue weighted by Gasteiger charge is 2.75. The molecule has 0 N–H and O–H groups in total. The van der Waals surface area contributed by atoms with Crippen LogP contribution in [0, 0.1) is 11.8 Å². The van der Waals surface area contributed by atoms with E-state index >= 15 is 0 Å². The Morgan fingerprint density at radius 2 is 1.33 bits per heavy atom. The molecule has 6 nitrogen and oxygen atoms in total. The second kappa shape index (κ2) is 7.87. The molecule has 6 heteroatoms. The lowest BCUT2D eigenvalue weighted by Crippen LogP contribution is -2.55. The number of para-hydroxylation sites is 1. The summed E-state index contributed by atoms with van der Waals surface area (Å²) in [5.74, 6) is -1.61. The summed E-state index contributed by atoms with van der Waals surface area (Å²) >= 11 is 0. The summed E-state index contributed by atoms with van der Waals surface area (Å²) < 4.78 is 0. The molecule has 0 bridgehead atoms. The van der Waals surface area contributed by atoms with Crippen molar-refractivity contribution in [3.8, 4) is 0 Å². The number of benzene rings is 3. The van der Waals surface area contributed by atoms with Crippen LogP contribution in [0.5, 0.6) is 0 Å². The van der Waals surface area contributed by atoms with Gasteiger partial charge in [0.15, 0.2) is 0 Å². The van der Waals surface area contributed by atoms with Crippen molar-refractivity contribution in [2.75, 3.05) is 11.4 Å². The quantitative estimate of drug-likeness (QED) is 0.538. The first-order valence-corrected chi connectivity index (χ1v) is 12.7. The molecule has 3 aromatic carbocycles. The Bertz CT molecular complexity index is 1370. The third-order valence-corrected chi connectivity index (χ3v) is 8.60. The Morgan fingerprint density at radius 3 is 2.03 bits per heavy atom. The summed E-state index contributed by atoms with van der Waals surface area (Å²) in [4.78, 5) is 48.0. The van der Waals surface area contributed by atoms with Crippen LogP contribution < -0.4 is 4.90 Å². The lowest BCUT2D eigenvalue weighted by atomic mass is 9.75. The number of hydrogen-bond donors (Lipinski definition) is 0. The molecule has 3 saturated heterocycles. The van der Waals surface area contributed by atoms with Crippen LogP contribution in [0.15, 0.2) is 84.9 Å². The maximum Gasteiger partial charge on any atom is 0.253 e. The molecule has 0 radical (unpaired) electrons. The predicted octanol–water partition coefficient (Wildman–Crippen LogP) is 3.71. The molecular weight excluding hydrogens is 450 g/mol. The van der Waals surface area contributed by atoms with Gasteiger partial charge >= 0.3 is 0 Å². The second-order valence-corrected chi connectivity index (χ2v) is 10.3. The van der Waals surface area contributed by atoms with E-state index in [0.717, 1.165) is 41.8 Å².